The minimum Gasteiger partial charge on any atom is -0.479 e. The standard InChI is InChI=1S/C15H22N2O4/c1-5-9(2)17-14(18)10(3)21-13-7-6-11(8-12(13)16)15(19)20-4/h6-10H,5,16H2,1-4H3,(H,17,18). The van der Waals surface area contributed by atoms with Crippen molar-refractivity contribution in [3.63, 3.8) is 0 Å². The quantitative estimate of drug-likeness (QED) is 0.616. The first kappa shape index (κ1) is 16.8. The third-order valence-electron chi connectivity index (χ3n) is 3.10. The highest BCUT2D eigenvalue weighted by Gasteiger charge is 2.18. The van der Waals surface area contributed by atoms with Gasteiger partial charge in [0, 0.05) is 6.04 Å². The highest BCUT2D eigenvalue weighted by molar-refractivity contribution is 5.91. The number of hydrogen-bond donors (Lipinski definition) is 2. The number of nitrogens with one attached hydrogen (secondary N) is 1. The molecule has 3 N–H and O–H groups in total. The molecule has 6 nitrogen and oxygen atoms in total. The zero-order valence-corrected chi connectivity index (χ0v) is 12.8. The van der Waals surface area contributed by atoms with Crippen molar-refractivity contribution in [1.82, 2.24) is 5.32 Å². The van der Waals surface area contributed by atoms with Crippen LogP contribution in [-0.4, -0.2) is 31.1 Å². The summed E-state index contributed by atoms with van der Waals surface area (Å²) in [4.78, 5) is 23.3. The summed E-state index contributed by atoms with van der Waals surface area (Å²) in [6.07, 6.45) is 0.166. The highest BCUT2D eigenvalue weighted by atomic mass is 16.5. The van der Waals surface area contributed by atoms with Crippen molar-refractivity contribution in [3.05, 3.63) is 23.8 Å². The van der Waals surface area contributed by atoms with Crippen molar-refractivity contribution in [3.8, 4) is 5.75 Å². The van der Waals surface area contributed by atoms with Gasteiger partial charge in [0.1, 0.15) is 5.75 Å². The Balaban J connectivity index is 2.74. The van der Waals surface area contributed by atoms with Crippen LogP contribution >= 0.6 is 0 Å². The number of anilines is 1. The molecule has 0 spiro atoms. The zero-order valence-electron chi connectivity index (χ0n) is 12.8. The summed E-state index contributed by atoms with van der Waals surface area (Å²) >= 11 is 0. The molecule has 0 heterocycles. The number of methoxy groups -OCH3 is 1. The lowest BCUT2D eigenvalue weighted by molar-refractivity contribution is -0.127. The number of esters is 1. The molecule has 116 valence electrons. The number of nitrogens with two attached hydrogens (primary N) is 1. The number of carbonyl (C=O) groups is 2. The van der Waals surface area contributed by atoms with Gasteiger partial charge in [-0.15, -0.1) is 0 Å². The van der Waals surface area contributed by atoms with E-state index in [4.69, 9.17) is 10.5 Å². The van der Waals surface area contributed by atoms with E-state index >= 15 is 0 Å². The van der Waals surface area contributed by atoms with Crippen molar-refractivity contribution >= 4 is 17.6 Å². The van der Waals surface area contributed by atoms with Crippen molar-refractivity contribution < 1.29 is 19.1 Å². The maximum Gasteiger partial charge on any atom is 0.337 e. The molecule has 0 bridgehead atoms. The number of hydrogen-bond acceptors (Lipinski definition) is 5. The molecule has 1 aromatic rings. The third-order valence-corrected chi connectivity index (χ3v) is 3.10. The molecule has 0 aliphatic rings. The molecule has 2 unspecified atom stereocenters. The van der Waals surface area contributed by atoms with Crippen molar-refractivity contribution in [1.29, 1.82) is 0 Å². The second-order valence-electron chi connectivity index (χ2n) is 4.82. The van der Waals surface area contributed by atoms with E-state index in [2.05, 4.69) is 10.1 Å². The van der Waals surface area contributed by atoms with Gasteiger partial charge in [0.15, 0.2) is 6.10 Å². The molecule has 0 fully saturated rings. The van der Waals surface area contributed by atoms with Crippen LogP contribution in [0.25, 0.3) is 0 Å². The van der Waals surface area contributed by atoms with E-state index in [9.17, 15) is 9.59 Å². The van der Waals surface area contributed by atoms with E-state index in [0.29, 0.717) is 11.3 Å². The molecular formula is C15H22N2O4. The van der Waals surface area contributed by atoms with Gasteiger partial charge in [0.2, 0.25) is 0 Å². The summed E-state index contributed by atoms with van der Waals surface area (Å²) in [6.45, 7) is 5.55. The van der Waals surface area contributed by atoms with Crippen molar-refractivity contribution in [2.24, 2.45) is 0 Å². The second-order valence-corrected chi connectivity index (χ2v) is 4.82. The Labute approximate surface area is 124 Å². The average molecular weight is 294 g/mol. The van der Waals surface area contributed by atoms with Gasteiger partial charge in [-0.05, 0) is 38.5 Å². The minimum atomic E-state index is -0.676. The first-order valence-corrected chi connectivity index (χ1v) is 6.83. The lowest BCUT2D eigenvalue weighted by Crippen LogP contribution is -2.41. The molecule has 0 saturated heterocycles. The van der Waals surface area contributed by atoms with E-state index in [1.165, 1.54) is 19.2 Å². The van der Waals surface area contributed by atoms with Crippen LogP contribution in [0.4, 0.5) is 5.69 Å². The Hall–Kier alpha value is -2.24. The van der Waals surface area contributed by atoms with Crippen LogP contribution in [0.2, 0.25) is 0 Å². The highest BCUT2D eigenvalue weighted by Crippen LogP contribution is 2.24. The number of benzene rings is 1. The Bertz CT molecular complexity index is 516. The smallest absolute Gasteiger partial charge is 0.337 e. The molecular weight excluding hydrogens is 272 g/mol. The fraction of sp³-hybridized carbons (Fsp3) is 0.467. The number of ether oxygens (including phenoxy) is 2. The lowest BCUT2D eigenvalue weighted by atomic mass is 10.2. The second kappa shape index (κ2) is 7.52. The van der Waals surface area contributed by atoms with Crippen LogP contribution in [0.5, 0.6) is 5.75 Å². The Morgan fingerprint density at radius 3 is 2.52 bits per heavy atom. The molecule has 0 aliphatic heterocycles. The predicted molar refractivity (Wildman–Crippen MR) is 80.2 cm³/mol. The predicted octanol–water partition coefficient (Wildman–Crippen LogP) is 1.74. The number of amides is 1. The van der Waals surface area contributed by atoms with Gasteiger partial charge in [-0.3, -0.25) is 4.79 Å². The first-order chi connectivity index (χ1) is 9.88. The first-order valence-electron chi connectivity index (χ1n) is 6.83. The normalized spacial score (nSPS) is 13.1. The number of nitrogen functional groups attached to an aromatic ring is 1. The Kier molecular flexibility index (Phi) is 6.02. The molecule has 2 atom stereocenters. The van der Waals surface area contributed by atoms with Crippen molar-refractivity contribution in [2.45, 2.75) is 39.3 Å². The van der Waals surface area contributed by atoms with E-state index in [1.807, 2.05) is 13.8 Å². The number of rotatable bonds is 6. The van der Waals surface area contributed by atoms with E-state index in [0.717, 1.165) is 6.42 Å². The minimum absolute atomic E-state index is 0.0857. The maximum atomic E-state index is 11.9. The van der Waals surface area contributed by atoms with Crippen LogP contribution in [0.3, 0.4) is 0 Å². The monoisotopic (exact) mass is 294 g/mol. The molecule has 0 saturated carbocycles. The van der Waals surface area contributed by atoms with Gasteiger partial charge in [-0.25, -0.2) is 4.79 Å². The summed E-state index contributed by atoms with van der Waals surface area (Å²) in [5.41, 5.74) is 6.44. The van der Waals surface area contributed by atoms with E-state index in [-0.39, 0.29) is 17.6 Å². The topological polar surface area (TPSA) is 90.6 Å². The fourth-order valence-electron chi connectivity index (χ4n) is 1.61. The molecule has 0 aliphatic carbocycles. The summed E-state index contributed by atoms with van der Waals surface area (Å²) in [5, 5.41) is 2.83. The summed E-state index contributed by atoms with van der Waals surface area (Å²) < 4.78 is 10.1. The largest absolute Gasteiger partial charge is 0.479 e. The van der Waals surface area contributed by atoms with Crippen LogP contribution in [0.15, 0.2) is 18.2 Å². The fourth-order valence-corrected chi connectivity index (χ4v) is 1.61. The molecule has 1 amide bonds. The van der Waals surface area contributed by atoms with Gasteiger partial charge >= 0.3 is 5.97 Å². The van der Waals surface area contributed by atoms with Gasteiger partial charge < -0.3 is 20.5 Å². The van der Waals surface area contributed by atoms with Crippen LogP contribution < -0.4 is 15.8 Å². The Morgan fingerprint density at radius 2 is 2.00 bits per heavy atom. The summed E-state index contributed by atoms with van der Waals surface area (Å²) in [7, 11) is 1.30. The number of carbonyl (C=O) groups excluding carboxylic acids is 2. The SMILES string of the molecule is CCC(C)NC(=O)C(C)Oc1ccc(C(=O)OC)cc1N. The van der Waals surface area contributed by atoms with Crippen LogP contribution in [0.1, 0.15) is 37.6 Å². The molecule has 1 rings (SSSR count). The van der Waals surface area contributed by atoms with Crippen molar-refractivity contribution in [2.75, 3.05) is 12.8 Å². The van der Waals surface area contributed by atoms with Gasteiger partial charge in [0.25, 0.3) is 5.91 Å². The lowest BCUT2D eigenvalue weighted by Gasteiger charge is -2.18. The molecule has 0 radical (unpaired) electrons. The van der Waals surface area contributed by atoms with E-state index in [1.54, 1.807) is 13.0 Å². The summed E-state index contributed by atoms with van der Waals surface area (Å²) in [5.74, 6) is -0.328. The van der Waals surface area contributed by atoms with E-state index < -0.39 is 12.1 Å². The zero-order chi connectivity index (χ0) is 16.0. The third kappa shape index (κ3) is 4.66. The summed E-state index contributed by atoms with van der Waals surface area (Å²) in [6, 6.07) is 4.63. The Morgan fingerprint density at radius 1 is 1.33 bits per heavy atom. The van der Waals surface area contributed by atoms with Crippen LogP contribution in [-0.2, 0) is 9.53 Å². The molecule has 1 aromatic carbocycles. The van der Waals surface area contributed by atoms with Crippen LogP contribution in [0, 0.1) is 0 Å². The molecule has 6 heteroatoms. The van der Waals surface area contributed by atoms with Gasteiger partial charge in [-0.1, -0.05) is 6.92 Å². The average Bonchev–Trinajstić information content (AvgIpc) is 2.47. The molecule has 21 heavy (non-hydrogen) atoms. The van der Waals surface area contributed by atoms with Gasteiger partial charge in [-0.2, -0.15) is 0 Å². The maximum absolute atomic E-state index is 11.9. The molecule has 0 aromatic heterocycles. The van der Waals surface area contributed by atoms with Gasteiger partial charge in [0.05, 0.1) is 18.4 Å².